The molecule has 128 valence electrons. The van der Waals surface area contributed by atoms with Crippen LogP contribution in [0.3, 0.4) is 0 Å². The van der Waals surface area contributed by atoms with Crippen molar-refractivity contribution in [1.82, 2.24) is 4.90 Å². The average Bonchev–Trinajstić information content (AvgIpc) is 2.88. The molecule has 0 aliphatic carbocycles. The van der Waals surface area contributed by atoms with Gasteiger partial charge in [0.15, 0.2) is 0 Å². The molecule has 0 spiro atoms. The van der Waals surface area contributed by atoms with Gasteiger partial charge in [-0.05, 0) is 26.0 Å². The molecule has 1 aromatic rings. The van der Waals surface area contributed by atoms with Crippen molar-refractivity contribution in [3.8, 4) is 0 Å². The topological polar surface area (TPSA) is 72.9 Å². The number of carbonyl (C=O) groups is 3. The third-order valence-electron chi connectivity index (χ3n) is 3.27. The van der Waals surface area contributed by atoms with Gasteiger partial charge in [-0.3, -0.25) is 4.79 Å². The molecule has 0 unspecified atom stereocenters. The molecular weight excluding hydrogens is 330 g/mol. The fraction of sp³-hybridized carbons (Fsp3) is 0.353. The first-order chi connectivity index (χ1) is 11.5. The van der Waals surface area contributed by atoms with E-state index < -0.39 is 11.9 Å². The Morgan fingerprint density at radius 1 is 1.25 bits per heavy atom. The predicted octanol–water partition coefficient (Wildman–Crippen LogP) is 2.13. The van der Waals surface area contributed by atoms with Crippen molar-refractivity contribution in [2.75, 3.05) is 25.5 Å². The van der Waals surface area contributed by atoms with Crippen LogP contribution in [0.25, 0.3) is 0 Å². The number of hydrogen-bond acceptors (Lipinski definition) is 6. The monoisotopic (exact) mass is 349 g/mol. The number of rotatable bonds is 6. The van der Waals surface area contributed by atoms with E-state index in [-0.39, 0.29) is 31.4 Å². The van der Waals surface area contributed by atoms with Crippen LogP contribution in [-0.2, 0) is 19.1 Å². The van der Waals surface area contributed by atoms with Crippen molar-refractivity contribution < 1.29 is 23.9 Å². The lowest BCUT2D eigenvalue weighted by atomic mass is 10.1. The normalized spacial score (nSPS) is 15.7. The van der Waals surface area contributed by atoms with Gasteiger partial charge in [-0.1, -0.05) is 29.5 Å². The zero-order valence-electron chi connectivity index (χ0n) is 13.6. The van der Waals surface area contributed by atoms with Gasteiger partial charge in [0, 0.05) is 0 Å². The minimum Gasteiger partial charge on any atom is -0.463 e. The number of ether oxygens (including phenoxy) is 2. The molecule has 1 amide bonds. The molecule has 0 N–H and O–H groups in total. The number of esters is 2. The Balaban J connectivity index is 1.89. The standard InChI is InChI=1S/C17H19NO5S/c1-3-22-16(20)10-15-18(14(19)11-24-15)8-9-23-17(21)13-6-4-12(2)5-7-13/h4-7,10H,3,8-9,11H2,1-2H3/b15-10-. The molecule has 24 heavy (non-hydrogen) atoms. The van der Waals surface area contributed by atoms with Gasteiger partial charge in [-0.25, -0.2) is 9.59 Å². The van der Waals surface area contributed by atoms with Gasteiger partial charge in [0.05, 0.1) is 35.6 Å². The molecule has 0 atom stereocenters. The maximum absolute atomic E-state index is 11.9. The highest BCUT2D eigenvalue weighted by Gasteiger charge is 2.27. The lowest BCUT2D eigenvalue weighted by molar-refractivity contribution is -0.137. The molecule has 6 nitrogen and oxygen atoms in total. The molecule has 7 heteroatoms. The van der Waals surface area contributed by atoms with Crippen LogP contribution in [0.4, 0.5) is 0 Å². The van der Waals surface area contributed by atoms with Crippen LogP contribution in [0.5, 0.6) is 0 Å². The zero-order valence-corrected chi connectivity index (χ0v) is 14.4. The lowest BCUT2D eigenvalue weighted by Gasteiger charge is -2.16. The van der Waals surface area contributed by atoms with Crippen LogP contribution < -0.4 is 0 Å². The number of benzene rings is 1. The summed E-state index contributed by atoms with van der Waals surface area (Å²) in [6.45, 7) is 4.18. The van der Waals surface area contributed by atoms with E-state index in [4.69, 9.17) is 9.47 Å². The van der Waals surface area contributed by atoms with Gasteiger partial charge in [-0.2, -0.15) is 0 Å². The quantitative estimate of drug-likeness (QED) is 0.579. The van der Waals surface area contributed by atoms with E-state index in [2.05, 4.69) is 0 Å². The maximum atomic E-state index is 11.9. The van der Waals surface area contributed by atoms with Crippen LogP contribution in [0.1, 0.15) is 22.8 Å². The molecule has 0 aromatic heterocycles. The molecule has 1 saturated heterocycles. The van der Waals surface area contributed by atoms with E-state index in [9.17, 15) is 14.4 Å². The summed E-state index contributed by atoms with van der Waals surface area (Å²) in [5.41, 5.74) is 1.52. The van der Waals surface area contributed by atoms with Crippen molar-refractivity contribution in [1.29, 1.82) is 0 Å². The number of thioether (sulfide) groups is 1. The Bertz CT molecular complexity index is 653. The van der Waals surface area contributed by atoms with E-state index >= 15 is 0 Å². The minimum absolute atomic E-state index is 0.0547. The summed E-state index contributed by atoms with van der Waals surface area (Å²) in [5, 5.41) is 0.518. The maximum Gasteiger partial charge on any atom is 0.338 e. The van der Waals surface area contributed by atoms with Gasteiger partial charge in [0.1, 0.15) is 6.61 Å². The Hall–Kier alpha value is -2.28. The summed E-state index contributed by atoms with van der Waals surface area (Å²) in [6, 6.07) is 7.05. The highest BCUT2D eigenvalue weighted by Crippen LogP contribution is 2.28. The summed E-state index contributed by atoms with van der Waals surface area (Å²) in [5.74, 6) is -0.791. The summed E-state index contributed by atoms with van der Waals surface area (Å²) in [6.07, 6.45) is 1.29. The number of aryl methyl sites for hydroxylation is 1. The highest BCUT2D eigenvalue weighted by molar-refractivity contribution is 8.04. The molecule has 1 aromatic carbocycles. The van der Waals surface area contributed by atoms with Crippen molar-refractivity contribution in [2.24, 2.45) is 0 Å². The molecule has 0 radical (unpaired) electrons. The molecule has 1 aliphatic rings. The number of hydrogen-bond donors (Lipinski definition) is 0. The van der Waals surface area contributed by atoms with Crippen molar-refractivity contribution >= 4 is 29.6 Å². The van der Waals surface area contributed by atoms with Gasteiger partial charge < -0.3 is 14.4 Å². The van der Waals surface area contributed by atoms with E-state index in [1.54, 1.807) is 19.1 Å². The van der Waals surface area contributed by atoms with Crippen molar-refractivity contribution in [2.45, 2.75) is 13.8 Å². The van der Waals surface area contributed by atoms with Crippen LogP contribution in [0.15, 0.2) is 35.4 Å². The van der Waals surface area contributed by atoms with E-state index in [0.29, 0.717) is 10.6 Å². The highest BCUT2D eigenvalue weighted by atomic mass is 32.2. The number of amides is 1. The van der Waals surface area contributed by atoms with Gasteiger partial charge >= 0.3 is 11.9 Å². The summed E-state index contributed by atoms with van der Waals surface area (Å²) < 4.78 is 10.0. The zero-order chi connectivity index (χ0) is 17.5. The number of carbonyl (C=O) groups excluding carboxylic acids is 3. The Labute approximate surface area is 144 Å². The molecule has 1 aliphatic heterocycles. The SMILES string of the molecule is CCOC(=O)/C=C1\SCC(=O)N1CCOC(=O)c1ccc(C)cc1. The van der Waals surface area contributed by atoms with Gasteiger partial charge in [0.2, 0.25) is 5.91 Å². The minimum atomic E-state index is -0.489. The average molecular weight is 349 g/mol. The second-order valence-corrected chi connectivity index (χ2v) is 6.07. The van der Waals surface area contributed by atoms with Crippen molar-refractivity contribution in [3.05, 3.63) is 46.5 Å². The van der Waals surface area contributed by atoms with E-state index in [0.717, 1.165) is 5.56 Å². The largest absolute Gasteiger partial charge is 0.463 e. The Morgan fingerprint density at radius 3 is 2.62 bits per heavy atom. The first kappa shape index (κ1) is 18.1. The molecule has 2 rings (SSSR count). The van der Waals surface area contributed by atoms with Crippen LogP contribution >= 0.6 is 11.8 Å². The summed E-state index contributed by atoms with van der Waals surface area (Å²) >= 11 is 1.27. The third kappa shape index (κ3) is 4.86. The first-order valence-electron chi connectivity index (χ1n) is 7.56. The Kier molecular flexibility index (Phi) is 6.43. The second kappa shape index (κ2) is 8.54. The molecule has 1 fully saturated rings. The van der Waals surface area contributed by atoms with Crippen molar-refractivity contribution in [3.63, 3.8) is 0 Å². The lowest BCUT2D eigenvalue weighted by Crippen LogP contribution is -2.29. The third-order valence-corrected chi connectivity index (χ3v) is 4.30. The summed E-state index contributed by atoms with van der Waals surface area (Å²) in [4.78, 5) is 36.8. The number of nitrogens with zero attached hydrogens (tertiary/aromatic N) is 1. The second-order valence-electron chi connectivity index (χ2n) is 5.07. The molecule has 0 bridgehead atoms. The fourth-order valence-electron chi connectivity index (χ4n) is 2.06. The van der Waals surface area contributed by atoms with Crippen LogP contribution in [-0.4, -0.2) is 48.3 Å². The molecular formula is C17H19NO5S. The first-order valence-corrected chi connectivity index (χ1v) is 8.55. The van der Waals surface area contributed by atoms with E-state index in [1.807, 2.05) is 19.1 Å². The van der Waals surface area contributed by atoms with E-state index in [1.165, 1.54) is 22.7 Å². The van der Waals surface area contributed by atoms with Gasteiger partial charge in [0.25, 0.3) is 0 Å². The van der Waals surface area contributed by atoms with Crippen LogP contribution in [0.2, 0.25) is 0 Å². The summed E-state index contributed by atoms with van der Waals surface area (Å²) in [7, 11) is 0. The Morgan fingerprint density at radius 2 is 1.96 bits per heavy atom. The fourth-order valence-corrected chi connectivity index (χ4v) is 3.01. The van der Waals surface area contributed by atoms with Gasteiger partial charge in [-0.15, -0.1) is 0 Å². The predicted molar refractivity (Wildman–Crippen MR) is 90.3 cm³/mol. The molecule has 0 saturated carbocycles. The smallest absolute Gasteiger partial charge is 0.338 e. The molecule has 1 heterocycles. The van der Waals surface area contributed by atoms with Crippen LogP contribution in [0, 0.1) is 6.92 Å².